The molecule has 0 fully saturated rings. The van der Waals surface area contributed by atoms with E-state index in [1.54, 1.807) is 24.3 Å². The fourth-order valence-electron chi connectivity index (χ4n) is 2.47. The summed E-state index contributed by atoms with van der Waals surface area (Å²) in [5, 5.41) is 11.8. The molecule has 0 radical (unpaired) electrons. The summed E-state index contributed by atoms with van der Waals surface area (Å²) in [7, 11) is 0. The van der Waals surface area contributed by atoms with Crippen molar-refractivity contribution in [3.05, 3.63) is 65.2 Å². The lowest BCUT2D eigenvalue weighted by molar-refractivity contribution is -0.150. The molecule has 140 valence electrons. The van der Waals surface area contributed by atoms with E-state index in [1.165, 1.54) is 0 Å². The molecule has 0 bridgehead atoms. The minimum absolute atomic E-state index is 0.143. The molecule has 27 heavy (non-hydrogen) atoms. The Morgan fingerprint density at radius 2 is 1.81 bits per heavy atom. The van der Waals surface area contributed by atoms with Crippen LogP contribution in [0, 0.1) is 18.3 Å². The van der Waals surface area contributed by atoms with Gasteiger partial charge in [-0.05, 0) is 31.0 Å². The number of nitriles is 1. The quantitative estimate of drug-likeness (QED) is 0.726. The Balaban J connectivity index is 1.79. The highest BCUT2D eigenvalue weighted by Crippen LogP contribution is 2.17. The van der Waals surface area contributed by atoms with E-state index in [0.717, 1.165) is 17.5 Å². The van der Waals surface area contributed by atoms with Crippen LogP contribution in [0.15, 0.2) is 48.5 Å². The smallest absolute Gasteiger partial charge is 0.344 e. The molecular weight excluding hydrogens is 344 g/mol. The fourth-order valence-corrected chi connectivity index (χ4v) is 2.47. The molecule has 1 atom stereocenters. The minimum Gasteiger partial charge on any atom is -0.481 e. The van der Waals surface area contributed by atoms with Crippen LogP contribution in [-0.4, -0.2) is 25.1 Å². The molecule has 0 saturated heterocycles. The predicted molar refractivity (Wildman–Crippen MR) is 100.0 cm³/mol. The Bertz CT molecular complexity index is 825. The number of benzene rings is 2. The number of ether oxygens (including phenoxy) is 2. The molecule has 0 aliphatic carbocycles. The van der Waals surface area contributed by atoms with Gasteiger partial charge in [0.2, 0.25) is 0 Å². The van der Waals surface area contributed by atoms with Crippen molar-refractivity contribution in [1.29, 1.82) is 5.26 Å². The lowest BCUT2D eigenvalue weighted by atomic mass is 10.0. The summed E-state index contributed by atoms with van der Waals surface area (Å²) < 4.78 is 10.2. The van der Waals surface area contributed by atoms with E-state index in [-0.39, 0.29) is 25.2 Å². The first-order valence-corrected chi connectivity index (χ1v) is 8.67. The summed E-state index contributed by atoms with van der Waals surface area (Å²) in [6, 6.07) is 16.3. The zero-order valence-corrected chi connectivity index (χ0v) is 15.4. The number of rotatable bonds is 8. The molecule has 0 spiro atoms. The SMILES string of the molecule is CC[C@@H](NC(=O)COC(=O)COc1ccccc1C#N)c1ccc(C)cc1. The normalized spacial score (nSPS) is 11.1. The van der Waals surface area contributed by atoms with Crippen molar-refractivity contribution in [3.63, 3.8) is 0 Å². The highest BCUT2D eigenvalue weighted by molar-refractivity contribution is 5.81. The summed E-state index contributed by atoms with van der Waals surface area (Å²) in [5.41, 5.74) is 2.47. The highest BCUT2D eigenvalue weighted by Gasteiger charge is 2.15. The first-order chi connectivity index (χ1) is 13.0. The molecule has 2 aromatic carbocycles. The Morgan fingerprint density at radius 3 is 2.48 bits per heavy atom. The molecule has 6 heteroatoms. The molecule has 0 saturated carbocycles. The third-order valence-electron chi connectivity index (χ3n) is 3.94. The molecule has 2 aromatic rings. The van der Waals surface area contributed by atoms with Crippen molar-refractivity contribution in [3.8, 4) is 11.8 Å². The van der Waals surface area contributed by atoms with Gasteiger partial charge in [0.25, 0.3) is 5.91 Å². The van der Waals surface area contributed by atoms with Crippen LogP contribution in [0.25, 0.3) is 0 Å². The lowest BCUT2D eigenvalue weighted by Gasteiger charge is -2.17. The number of esters is 1. The summed E-state index contributed by atoms with van der Waals surface area (Å²) in [5.74, 6) is -0.763. The van der Waals surface area contributed by atoms with Crippen molar-refractivity contribution in [2.75, 3.05) is 13.2 Å². The van der Waals surface area contributed by atoms with Crippen LogP contribution >= 0.6 is 0 Å². The number of nitrogens with zero attached hydrogens (tertiary/aromatic N) is 1. The van der Waals surface area contributed by atoms with Crippen molar-refractivity contribution in [2.45, 2.75) is 26.3 Å². The van der Waals surface area contributed by atoms with E-state index in [0.29, 0.717) is 11.3 Å². The molecule has 2 rings (SSSR count). The zero-order chi connectivity index (χ0) is 19.6. The maximum Gasteiger partial charge on any atom is 0.344 e. The summed E-state index contributed by atoms with van der Waals surface area (Å²) in [6.45, 7) is 3.21. The summed E-state index contributed by atoms with van der Waals surface area (Å²) >= 11 is 0. The maximum absolute atomic E-state index is 12.1. The van der Waals surface area contributed by atoms with E-state index in [4.69, 9.17) is 14.7 Å². The Kier molecular flexibility index (Phi) is 7.38. The predicted octanol–water partition coefficient (Wildman–Crippen LogP) is 3.06. The number of hydrogen-bond acceptors (Lipinski definition) is 5. The first-order valence-electron chi connectivity index (χ1n) is 8.67. The van der Waals surface area contributed by atoms with E-state index in [9.17, 15) is 9.59 Å². The van der Waals surface area contributed by atoms with Gasteiger partial charge in [-0.1, -0.05) is 48.9 Å². The maximum atomic E-state index is 12.1. The average Bonchev–Trinajstić information content (AvgIpc) is 2.69. The number of carbonyl (C=O) groups is 2. The van der Waals surface area contributed by atoms with Crippen LogP contribution in [0.3, 0.4) is 0 Å². The van der Waals surface area contributed by atoms with Gasteiger partial charge in [0.05, 0.1) is 11.6 Å². The van der Waals surface area contributed by atoms with Gasteiger partial charge in [0, 0.05) is 0 Å². The number of para-hydroxylation sites is 1. The lowest BCUT2D eigenvalue weighted by Crippen LogP contribution is -2.33. The standard InChI is InChI=1S/C21H22N2O4/c1-3-18(16-10-8-15(2)9-11-16)23-20(24)13-27-21(25)14-26-19-7-5-4-6-17(19)12-22/h4-11,18H,3,13-14H2,1-2H3,(H,23,24)/t18-/m1/s1. The van der Waals surface area contributed by atoms with Crippen molar-refractivity contribution < 1.29 is 19.1 Å². The number of hydrogen-bond donors (Lipinski definition) is 1. The molecule has 0 aliphatic rings. The molecule has 0 aromatic heterocycles. The second kappa shape index (κ2) is 9.97. The van der Waals surface area contributed by atoms with Gasteiger partial charge in [-0.2, -0.15) is 5.26 Å². The van der Waals surface area contributed by atoms with Gasteiger partial charge < -0.3 is 14.8 Å². The van der Waals surface area contributed by atoms with Crippen LogP contribution in [0.2, 0.25) is 0 Å². The summed E-state index contributed by atoms with van der Waals surface area (Å²) in [6.07, 6.45) is 0.719. The fraction of sp³-hybridized carbons (Fsp3) is 0.286. The number of amides is 1. The summed E-state index contributed by atoms with van der Waals surface area (Å²) in [4.78, 5) is 23.8. The third kappa shape index (κ3) is 6.15. The molecular formula is C21H22N2O4. The molecule has 1 amide bonds. The second-order valence-electron chi connectivity index (χ2n) is 6.00. The minimum atomic E-state index is -0.679. The van der Waals surface area contributed by atoms with Crippen LogP contribution in [0.4, 0.5) is 0 Å². The Hall–Kier alpha value is -3.33. The van der Waals surface area contributed by atoms with Crippen molar-refractivity contribution in [2.24, 2.45) is 0 Å². The van der Waals surface area contributed by atoms with Crippen LogP contribution in [0.5, 0.6) is 5.75 Å². The second-order valence-corrected chi connectivity index (χ2v) is 6.00. The molecule has 1 N–H and O–H groups in total. The average molecular weight is 366 g/mol. The first kappa shape index (κ1) is 20.0. The molecule has 0 aliphatic heterocycles. The molecule has 6 nitrogen and oxygen atoms in total. The monoisotopic (exact) mass is 366 g/mol. The molecule has 0 unspecified atom stereocenters. The third-order valence-corrected chi connectivity index (χ3v) is 3.94. The van der Waals surface area contributed by atoms with E-state index >= 15 is 0 Å². The zero-order valence-electron chi connectivity index (χ0n) is 15.4. The van der Waals surface area contributed by atoms with Crippen LogP contribution in [0.1, 0.15) is 36.1 Å². The van der Waals surface area contributed by atoms with E-state index in [1.807, 2.05) is 44.2 Å². The largest absolute Gasteiger partial charge is 0.481 e. The highest BCUT2D eigenvalue weighted by atomic mass is 16.6. The number of carbonyl (C=O) groups excluding carboxylic acids is 2. The van der Waals surface area contributed by atoms with Gasteiger partial charge in [-0.3, -0.25) is 4.79 Å². The van der Waals surface area contributed by atoms with Gasteiger partial charge in [-0.15, -0.1) is 0 Å². The van der Waals surface area contributed by atoms with Gasteiger partial charge in [0.1, 0.15) is 11.8 Å². The van der Waals surface area contributed by atoms with Gasteiger partial charge in [0.15, 0.2) is 13.2 Å². The van der Waals surface area contributed by atoms with Gasteiger partial charge in [-0.25, -0.2) is 4.79 Å². The van der Waals surface area contributed by atoms with Crippen LogP contribution in [-0.2, 0) is 14.3 Å². The van der Waals surface area contributed by atoms with Crippen molar-refractivity contribution >= 4 is 11.9 Å². The van der Waals surface area contributed by atoms with Crippen LogP contribution < -0.4 is 10.1 Å². The van der Waals surface area contributed by atoms with E-state index < -0.39 is 5.97 Å². The Morgan fingerprint density at radius 1 is 1.11 bits per heavy atom. The van der Waals surface area contributed by atoms with Gasteiger partial charge >= 0.3 is 5.97 Å². The van der Waals surface area contributed by atoms with Crippen molar-refractivity contribution in [1.82, 2.24) is 5.32 Å². The number of aryl methyl sites for hydroxylation is 1. The topological polar surface area (TPSA) is 88.4 Å². The molecule has 0 heterocycles. The number of nitrogens with one attached hydrogen (secondary N) is 1. The Labute approximate surface area is 158 Å². The van der Waals surface area contributed by atoms with E-state index in [2.05, 4.69) is 5.32 Å².